The number of hydrogen-bond donors (Lipinski definition) is 2. The highest BCUT2D eigenvalue weighted by Gasteiger charge is 2.18. The van der Waals surface area contributed by atoms with Crippen molar-refractivity contribution in [3.05, 3.63) is 12.4 Å². The fourth-order valence-electron chi connectivity index (χ4n) is 1.02. The maximum absolute atomic E-state index is 11.2. The number of nitrogens with zero attached hydrogens (tertiary/aromatic N) is 2. The molecule has 0 fully saturated rings. The molecule has 1 atom stereocenters. The van der Waals surface area contributed by atoms with Crippen molar-refractivity contribution in [2.75, 3.05) is 26.1 Å². The molecule has 16 heavy (non-hydrogen) atoms. The van der Waals surface area contributed by atoms with E-state index in [4.69, 9.17) is 9.84 Å². The van der Waals surface area contributed by atoms with Crippen LogP contribution in [0.1, 0.15) is 0 Å². The molecule has 1 rings (SSSR count). The van der Waals surface area contributed by atoms with Crippen LogP contribution in [0.2, 0.25) is 0 Å². The van der Waals surface area contributed by atoms with Crippen molar-refractivity contribution in [3.8, 4) is 5.88 Å². The van der Waals surface area contributed by atoms with Gasteiger partial charge in [0, 0.05) is 0 Å². The van der Waals surface area contributed by atoms with Gasteiger partial charge in [-0.05, 0) is 0 Å². The number of carbonyl (C=O) groups excluding carboxylic acids is 1. The van der Waals surface area contributed by atoms with Crippen LogP contribution in [0.4, 0.5) is 5.82 Å². The quantitative estimate of drug-likeness (QED) is 0.650. The van der Waals surface area contributed by atoms with Gasteiger partial charge in [0.2, 0.25) is 5.88 Å². The van der Waals surface area contributed by atoms with E-state index in [1.54, 1.807) is 0 Å². The molecule has 0 radical (unpaired) electrons. The SMILES string of the molecule is COC(=O)C(CO)Nc1cncc(OC)n1. The van der Waals surface area contributed by atoms with E-state index >= 15 is 0 Å². The molecule has 88 valence electrons. The lowest BCUT2D eigenvalue weighted by molar-refractivity contribution is -0.142. The Balaban J connectivity index is 2.73. The highest BCUT2D eigenvalue weighted by Crippen LogP contribution is 2.09. The number of esters is 1. The minimum atomic E-state index is -0.869. The first-order chi connectivity index (χ1) is 7.71. The molecule has 0 saturated heterocycles. The number of methoxy groups -OCH3 is 2. The number of rotatable bonds is 5. The molecule has 1 heterocycles. The number of aliphatic hydroxyl groups excluding tert-OH is 1. The number of ether oxygens (including phenoxy) is 2. The topological polar surface area (TPSA) is 93.6 Å². The molecule has 1 aromatic rings. The van der Waals surface area contributed by atoms with Crippen LogP contribution in [0.25, 0.3) is 0 Å². The second kappa shape index (κ2) is 5.86. The van der Waals surface area contributed by atoms with Crippen molar-refractivity contribution in [2.45, 2.75) is 6.04 Å². The van der Waals surface area contributed by atoms with Crippen LogP contribution in [0.5, 0.6) is 5.88 Å². The van der Waals surface area contributed by atoms with Crippen molar-refractivity contribution in [1.29, 1.82) is 0 Å². The van der Waals surface area contributed by atoms with E-state index in [1.807, 2.05) is 0 Å². The van der Waals surface area contributed by atoms with Crippen molar-refractivity contribution in [2.24, 2.45) is 0 Å². The molecule has 0 saturated carbocycles. The van der Waals surface area contributed by atoms with Gasteiger partial charge in [0.1, 0.15) is 11.9 Å². The molecule has 7 nitrogen and oxygen atoms in total. The first kappa shape index (κ1) is 12.2. The molecule has 0 aliphatic rings. The zero-order chi connectivity index (χ0) is 12.0. The van der Waals surface area contributed by atoms with Crippen molar-refractivity contribution < 1.29 is 19.4 Å². The van der Waals surface area contributed by atoms with Crippen molar-refractivity contribution in [1.82, 2.24) is 9.97 Å². The number of hydrogen-bond acceptors (Lipinski definition) is 7. The summed E-state index contributed by atoms with van der Waals surface area (Å²) in [6.07, 6.45) is 2.84. The molecule has 0 spiro atoms. The standard InChI is InChI=1S/C9H13N3O4/c1-15-8-4-10-3-7(12-8)11-6(5-13)9(14)16-2/h3-4,6,13H,5H2,1-2H3,(H,11,12). The van der Waals surface area contributed by atoms with Crippen LogP contribution in [-0.4, -0.2) is 47.9 Å². The molecule has 0 bridgehead atoms. The van der Waals surface area contributed by atoms with Gasteiger partial charge in [-0.25, -0.2) is 4.79 Å². The summed E-state index contributed by atoms with van der Waals surface area (Å²) >= 11 is 0. The molecule has 0 aromatic carbocycles. The highest BCUT2D eigenvalue weighted by atomic mass is 16.5. The number of aromatic nitrogens is 2. The van der Waals surface area contributed by atoms with Gasteiger partial charge in [-0.1, -0.05) is 0 Å². The van der Waals surface area contributed by atoms with Gasteiger partial charge in [-0.2, -0.15) is 4.98 Å². The van der Waals surface area contributed by atoms with Crippen LogP contribution < -0.4 is 10.1 Å². The number of aliphatic hydroxyl groups is 1. The van der Waals surface area contributed by atoms with Gasteiger partial charge in [0.15, 0.2) is 0 Å². The Bertz CT molecular complexity index is 358. The normalized spacial score (nSPS) is 11.7. The Morgan fingerprint density at radius 3 is 2.88 bits per heavy atom. The van der Waals surface area contributed by atoms with E-state index in [1.165, 1.54) is 26.6 Å². The average molecular weight is 227 g/mol. The summed E-state index contributed by atoms with van der Waals surface area (Å²) in [4.78, 5) is 19.0. The largest absolute Gasteiger partial charge is 0.480 e. The Hall–Kier alpha value is -1.89. The fourth-order valence-corrected chi connectivity index (χ4v) is 1.02. The Morgan fingerprint density at radius 1 is 1.56 bits per heavy atom. The third-order valence-corrected chi connectivity index (χ3v) is 1.81. The molecule has 7 heteroatoms. The molecular weight excluding hydrogens is 214 g/mol. The summed E-state index contributed by atoms with van der Waals surface area (Å²) in [5, 5.41) is 11.6. The van der Waals surface area contributed by atoms with Gasteiger partial charge in [-0.15, -0.1) is 0 Å². The lowest BCUT2D eigenvalue weighted by Crippen LogP contribution is -2.34. The fraction of sp³-hybridized carbons (Fsp3) is 0.444. The number of nitrogens with one attached hydrogen (secondary N) is 1. The molecule has 1 aromatic heterocycles. The van der Waals surface area contributed by atoms with E-state index in [0.717, 1.165) is 0 Å². The van der Waals surface area contributed by atoms with Crippen LogP contribution >= 0.6 is 0 Å². The predicted octanol–water partition coefficient (Wildman–Crippen LogP) is -0.569. The van der Waals surface area contributed by atoms with E-state index < -0.39 is 18.6 Å². The summed E-state index contributed by atoms with van der Waals surface area (Å²) in [7, 11) is 2.70. The van der Waals surface area contributed by atoms with Crippen molar-refractivity contribution >= 4 is 11.8 Å². The lowest BCUT2D eigenvalue weighted by atomic mass is 10.3. The third-order valence-electron chi connectivity index (χ3n) is 1.81. The lowest BCUT2D eigenvalue weighted by Gasteiger charge is -2.14. The number of carbonyl (C=O) groups is 1. The minimum Gasteiger partial charge on any atom is -0.480 e. The smallest absolute Gasteiger partial charge is 0.330 e. The van der Waals surface area contributed by atoms with Gasteiger partial charge in [-0.3, -0.25) is 4.98 Å². The summed E-state index contributed by atoms with van der Waals surface area (Å²) in [6.45, 7) is -0.397. The van der Waals surface area contributed by atoms with Crippen molar-refractivity contribution in [3.63, 3.8) is 0 Å². The van der Waals surface area contributed by atoms with Gasteiger partial charge >= 0.3 is 5.97 Å². The highest BCUT2D eigenvalue weighted by molar-refractivity contribution is 5.78. The van der Waals surface area contributed by atoms with Crippen LogP contribution in [0.15, 0.2) is 12.4 Å². The summed E-state index contributed by atoms with van der Waals surface area (Å²) in [5.41, 5.74) is 0. The first-order valence-corrected chi connectivity index (χ1v) is 4.52. The predicted molar refractivity (Wildman–Crippen MR) is 55.1 cm³/mol. The molecule has 1 unspecified atom stereocenters. The van der Waals surface area contributed by atoms with Gasteiger partial charge in [0.25, 0.3) is 0 Å². The molecule has 0 aliphatic carbocycles. The maximum Gasteiger partial charge on any atom is 0.330 e. The molecule has 0 aliphatic heterocycles. The van der Waals surface area contributed by atoms with Crippen LogP contribution in [-0.2, 0) is 9.53 Å². The summed E-state index contributed by atoms with van der Waals surface area (Å²) in [6, 6.07) is -0.869. The van der Waals surface area contributed by atoms with Gasteiger partial charge < -0.3 is 19.9 Å². The van der Waals surface area contributed by atoms with E-state index in [2.05, 4.69) is 20.0 Å². The Labute approximate surface area is 92.4 Å². The molecule has 0 amide bonds. The molecule has 2 N–H and O–H groups in total. The maximum atomic E-state index is 11.2. The van der Waals surface area contributed by atoms with E-state index in [-0.39, 0.29) is 0 Å². The Morgan fingerprint density at radius 2 is 2.31 bits per heavy atom. The Kier molecular flexibility index (Phi) is 4.46. The average Bonchev–Trinajstić information content (AvgIpc) is 2.35. The summed E-state index contributed by atoms with van der Waals surface area (Å²) < 4.78 is 9.36. The van der Waals surface area contributed by atoms with E-state index in [9.17, 15) is 4.79 Å². The zero-order valence-corrected chi connectivity index (χ0v) is 9.01. The summed E-state index contributed by atoms with van der Waals surface area (Å²) in [5.74, 6) is 0.0578. The zero-order valence-electron chi connectivity index (χ0n) is 9.01. The second-order valence-corrected chi connectivity index (χ2v) is 2.85. The monoisotopic (exact) mass is 227 g/mol. The van der Waals surface area contributed by atoms with Gasteiger partial charge in [0.05, 0.1) is 33.2 Å². The van der Waals surface area contributed by atoms with Crippen LogP contribution in [0.3, 0.4) is 0 Å². The first-order valence-electron chi connectivity index (χ1n) is 4.52. The van der Waals surface area contributed by atoms with E-state index in [0.29, 0.717) is 11.7 Å². The molecular formula is C9H13N3O4. The second-order valence-electron chi connectivity index (χ2n) is 2.85. The third kappa shape index (κ3) is 3.06. The number of anilines is 1. The minimum absolute atomic E-state index is 0.312. The van der Waals surface area contributed by atoms with Crippen LogP contribution in [0, 0.1) is 0 Å².